The Labute approximate surface area is 158 Å². The van der Waals surface area contributed by atoms with Crippen molar-refractivity contribution < 1.29 is 34.1 Å². The van der Waals surface area contributed by atoms with Crippen molar-refractivity contribution >= 4 is 17.9 Å². The number of rotatable bonds is 3. The van der Waals surface area contributed by atoms with E-state index in [1.54, 1.807) is 26.8 Å². The average molecular weight is 378 g/mol. The van der Waals surface area contributed by atoms with Gasteiger partial charge in [-0.2, -0.15) is 0 Å². The standard InChI is InChI=1S/C20H26O7/c1-5-10(2)17(23)26-15-14-11(3)18(24)27-20(14,25)9-12-7-6-8-13(16(21)22)19(12,15)4/h5,12-13,15,25H,6-9H2,1-4H3,(H,21,22)/b10-5-/t12?,13-,15-,19+,20+/m1/s1. The minimum absolute atomic E-state index is 0.113. The van der Waals surface area contributed by atoms with E-state index in [0.29, 0.717) is 24.8 Å². The molecule has 27 heavy (non-hydrogen) atoms. The number of esters is 2. The molecule has 0 aromatic rings. The van der Waals surface area contributed by atoms with Crippen molar-refractivity contribution in [3.8, 4) is 0 Å². The molecule has 1 aliphatic heterocycles. The molecule has 3 rings (SSSR count). The number of carbonyl (C=O) groups excluding carboxylic acids is 2. The van der Waals surface area contributed by atoms with Gasteiger partial charge in [-0.05, 0) is 39.5 Å². The first kappa shape index (κ1) is 19.6. The predicted octanol–water partition coefficient (Wildman–Crippen LogP) is 2.34. The van der Waals surface area contributed by atoms with Gasteiger partial charge in [-0.3, -0.25) is 4.79 Å². The largest absolute Gasteiger partial charge is 0.481 e. The van der Waals surface area contributed by atoms with Crippen LogP contribution in [-0.4, -0.2) is 40.0 Å². The Hall–Kier alpha value is -2.15. The number of hydrogen-bond acceptors (Lipinski definition) is 6. The lowest BCUT2D eigenvalue weighted by Gasteiger charge is -2.55. The van der Waals surface area contributed by atoms with Crippen molar-refractivity contribution in [2.75, 3.05) is 0 Å². The van der Waals surface area contributed by atoms with E-state index >= 15 is 0 Å². The topological polar surface area (TPSA) is 110 Å². The van der Waals surface area contributed by atoms with E-state index in [-0.39, 0.29) is 23.5 Å². The first-order valence-corrected chi connectivity index (χ1v) is 9.30. The number of hydrogen-bond donors (Lipinski definition) is 2. The van der Waals surface area contributed by atoms with Crippen molar-refractivity contribution in [3.05, 3.63) is 22.8 Å². The van der Waals surface area contributed by atoms with Crippen LogP contribution in [0.5, 0.6) is 0 Å². The third-order valence-electron chi connectivity index (χ3n) is 6.70. The van der Waals surface area contributed by atoms with Gasteiger partial charge in [0.1, 0.15) is 6.10 Å². The SMILES string of the molecule is C/C=C(/C)C(=O)O[C@@H]1C2=C(C)C(=O)O[C@@]2(O)CC2CCC[C@H](C(=O)O)[C@]21C. The van der Waals surface area contributed by atoms with Gasteiger partial charge in [-0.15, -0.1) is 0 Å². The molecular formula is C20H26O7. The highest BCUT2D eigenvalue weighted by atomic mass is 16.7. The summed E-state index contributed by atoms with van der Waals surface area (Å²) < 4.78 is 11.0. The summed E-state index contributed by atoms with van der Waals surface area (Å²) in [4.78, 5) is 36.8. The summed E-state index contributed by atoms with van der Waals surface area (Å²) in [5.74, 6) is -5.07. The number of carboxylic acid groups (broad SMARTS) is 1. The van der Waals surface area contributed by atoms with Crippen molar-refractivity contribution in [2.24, 2.45) is 17.3 Å². The second kappa shape index (κ2) is 6.48. The second-order valence-electron chi connectivity index (χ2n) is 8.06. The van der Waals surface area contributed by atoms with Crippen LogP contribution in [0.25, 0.3) is 0 Å². The smallest absolute Gasteiger partial charge is 0.336 e. The molecule has 0 aromatic heterocycles. The maximum atomic E-state index is 12.5. The van der Waals surface area contributed by atoms with Crippen LogP contribution in [0.3, 0.4) is 0 Å². The molecule has 2 aliphatic carbocycles. The Balaban J connectivity index is 2.17. The molecule has 0 spiro atoms. The van der Waals surface area contributed by atoms with Gasteiger partial charge < -0.3 is 19.7 Å². The molecule has 0 saturated heterocycles. The second-order valence-corrected chi connectivity index (χ2v) is 8.06. The van der Waals surface area contributed by atoms with E-state index in [9.17, 15) is 24.6 Å². The van der Waals surface area contributed by atoms with Gasteiger partial charge in [0.05, 0.1) is 11.5 Å². The van der Waals surface area contributed by atoms with Gasteiger partial charge in [0.15, 0.2) is 0 Å². The lowest BCUT2D eigenvalue weighted by molar-refractivity contribution is -0.228. The highest BCUT2D eigenvalue weighted by Gasteiger charge is 2.66. The number of allylic oxidation sites excluding steroid dienone is 1. The summed E-state index contributed by atoms with van der Waals surface area (Å²) in [5.41, 5.74) is -0.195. The molecule has 7 heteroatoms. The minimum atomic E-state index is -1.85. The van der Waals surface area contributed by atoms with Crippen molar-refractivity contribution in [1.82, 2.24) is 0 Å². The molecule has 1 heterocycles. The number of fused-ring (bicyclic) bond motifs is 2. The summed E-state index contributed by atoms with van der Waals surface area (Å²) in [7, 11) is 0. The zero-order valence-electron chi connectivity index (χ0n) is 16.1. The summed E-state index contributed by atoms with van der Waals surface area (Å²) >= 11 is 0. The summed E-state index contributed by atoms with van der Waals surface area (Å²) in [6.07, 6.45) is 2.48. The molecule has 7 nitrogen and oxygen atoms in total. The quantitative estimate of drug-likeness (QED) is 0.573. The molecule has 2 N–H and O–H groups in total. The number of aliphatic hydroxyl groups is 1. The van der Waals surface area contributed by atoms with Crippen LogP contribution >= 0.6 is 0 Å². The van der Waals surface area contributed by atoms with E-state index in [2.05, 4.69) is 0 Å². The van der Waals surface area contributed by atoms with Crippen LogP contribution in [-0.2, 0) is 23.9 Å². The molecule has 3 aliphatic rings. The Morgan fingerprint density at radius 3 is 2.59 bits per heavy atom. The monoisotopic (exact) mass is 378 g/mol. The molecular weight excluding hydrogens is 352 g/mol. The molecule has 1 unspecified atom stereocenters. The summed E-state index contributed by atoms with van der Waals surface area (Å²) in [5, 5.41) is 20.9. The van der Waals surface area contributed by atoms with Crippen molar-refractivity contribution in [3.63, 3.8) is 0 Å². The van der Waals surface area contributed by atoms with Gasteiger partial charge in [-0.1, -0.05) is 19.4 Å². The Bertz CT molecular complexity index is 764. The van der Waals surface area contributed by atoms with Gasteiger partial charge in [0.25, 0.3) is 0 Å². The van der Waals surface area contributed by atoms with Crippen molar-refractivity contribution in [1.29, 1.82) is 0 Å². The van der Waals surface area contributed by atoms with Crippen LogP contribution in [0.1, 0.15) is 53.4 Å². The van der Waals surface area contributed by atoms with Crippen molar-refractivity contribution in [2.45, 2.75) is 65.3 Å². The molecule has 0 aromatic carbocycles. The Morgan fingerprint density at radius 1 is 1.33 bits per heavy atom. The van der Waals surface area contributed by atoms with Crippen LogP contribution in [0.15, 0.2) is 22.8 Å². The maximum absolute atomic E-state index is 12.5. The lowest BCUT2D eigenvalue weighted by Crippen LogP contribution is -2.61. The van der Waals surface area contributed by atoms with E-state index < -0.39 is 41.1 Å². The predicted molar refractivity (Wildman–Crippen MR) is 94.2 cm³/mol. The maximum Gasteiger partial charge on any atom is 0.336 e. The van der Waals surface area contributed by atoms with Gasteiger partial charge >= 0.3 is 17.9 Å². The fourth-order valence-corrected chi connectivity index (χ4v) is 4.97. The minimum Gasteiger partial charge on any atom is -0.481 e. The number of carboxylic acids is 1. The molecule has 2 fully saturated rings. The molecule has 0 radical (unpaired) electrons. The Morgan fingerprint density at radius 2 is 2.00 bits per heavy atom. The fraction of sp³-hybridized carbons (Fsp3) is 0.650. The average Bonchev–Trinajstić information content (AvgIpc) is 2.82. The lowest BCUT2D eigenvalue weighted by atomic mass is 9.51. The third-order valence-corrected chi connectivity index (χ3v) is 6.70. The van der Waals surface area contributed by atoms with Crippen LogP contribution < -0.4 is 0 Å². The zero-order chi connectivity index (χ0) is 20.1. The molecule has 0 amide bonds. The Kier molecular flexibility index (Phi) is 4.70. The third kappa shape index (κ3) is 2.79. The van der Waals surface area contributed by atoms with E-state index in [4.69, 9.17) is 9.47 Å². The highest BCUT2D eigenvalue weighted by Crippen LogP contribution is 2.60. The number of ether oxygens (including phenoxy) is 2. The number of carbonyl (C=O) groups is 3. The summed E-state index contributed by atoms with van der Waals surface area (Å²) in [6.45, 7) is 6.61. The fourth-order valence-electron chi connectivity index (χ4n) is 4.97. The summed E-state index contributed by atoms with van der Waals surface area (Å²) in [6, 6.07) is 0. The molecule has 5 atom stereocenters. The highest BCUT2D eigenvalue weighted by molar-refractivity contribution is 5.93. The van der Waals surface area contributed by atoms with Crippen LogP contribution in [0.2, 0.25) is 0 Å². The van der Waals surface area contributed by atoms with E-state index in [0.717, 1.165) is 0 Å². The van der Waals surface area contributed by atoms with E-state index in [1.165, 1.54) is 6.92 Å². The van der Waals surface area contributed by atoms with Gasteiger partial charge in [0.2, 0.25) is 5.79 Å². The number of aliphatic carboxylic acids is 1. The normalized spacial score (nSPS) is 38.8. The molecule has 148 valence electrons. The van der Waals surface area contributed by atoms with Gasteiger partial charge in [0, 0.05) is 23.0 Å². The van der Waals surface area contributed by atoms with E-state index in [1.807, 2.05) is 0 Å². The van der Waals surface area contributed by atoms with Gasteiger partial charge in [-0.25, -0.2) is 9.59 Å². The van der Waals surface area contributed by atoms with Crippen LogP contribution in [0, 0.1) is 17.3 Å². The molecule has 0 bridgehead atoms. The first-order valence-electron chi connectivity index (χ1n) is 9.30. The first-order chi connectivity index (χ1) is 12.6. The van der Waals surface area contributed by atoms with Crippen LogP contribution in [0.4, 0.5) is 0 Å². The zero-order valence-corrected chi connectivity index (χ0v) is 16.1. The molecule has 2 saturated carbocycles.